The van der Waals surface area contributed by atoms with Crippen molar-refractivity contribution in [2.24, 2.45) is 11.3 Å². The summed E-state index contributed by atoms with van der Waals surface area (Å²) in [5.74, 6) is -1.01. The number of aliphatic carboxylic acids is 2. The molecular formula is C17H28N2O5S. The fourth-order valence-corrected chi connectivity index (χ4v) is 3.52. The molecule has 1 aliphatic rings. The number of carbonyl (C=O) groups excluding carboxylic acids is 1. The van der Waals surface area contributed by atoms with Gasteiger partial charge in [0.25, 0.3) is 0 Å². The highest BCUT2D eigenvalue weighted by atomic mass is 32.2. The molecule has 2 atom stereocenters. The molecule has 1 saturated carbocycles. The Hall–Kier alpha value is -1.54. The Bertz CT molecular complexity index is 533. The van der Waals surface area contributed by atoms with Gasteiger partial charge in [-0.1, -0.05) is 19.9 Å². The van der Waals surface area contributed by atoms with Gasteiger partial charge in [-0.05, 0) is 43.9 Å². The van der Waals surface area contributed by atoms with Crippen LogP contribution in [-0.4, -0.2) is 52.7 Å². The van der Waals surface area contributed by atoms with E-state index < -0.39 is 18.0 Å². The molecule has 2 unspecified atom stereocenters. The first-order valence-electron chi connectivity index (χ1n) is 8.41. The number of carboxylic acid groups (broad SMARTS) is 2. The van der Waals surface area contributed by atoms with Crippen molar-refractivity contribution in [2.75, 3.05) is 18.6 Å². The second-order valence-electron chi connectivity index (χ2n) is 6.91. The molecule has 0 bridgehead atoms. The van der Waals surface area contributed by atoms with E-state index in [9.17, 15) is 19.5 Å². The first-order valence-corrected chi connectivity index (χ1v) is 9.56. The highest BCUT2D eigenvalue weighted by Gasteiger charge is 2.50. The molecule has 0 spiro atoms. The van der Waals surface area contributed by atoms with E-state index >= 15 is 0 Å². The van der Waals surface area contributed by atoms with Crippen LogP contribution in [0.25, 0.3) is 0 Å². The van der Waals surface area contributed by atoms with Crippen LogP contribution < -0.4 is 10.6 Å². The fraction of sp³-hybridized carbons (Fsp3) is 0.706. The van der Waals surface area contributed by atoms with E-state index in [4.69, 9.17) is 5.11 Å². The summed E-state index contributed by atoms with van der Waals surface area (Å²) in [6, 6.07) is -0.551. The van der Waals surface area contributed by atoms with Gasteiger partial charge in [0.15, 0.2) is 0 Å². The summed E-state index contributed by atoms with van der Waals surface area (Å²) in [7, 11) is 1.62. The number of unbranched alkanes of at least 4 members (excludes halogenated alkanes) is 2. The average molecular weight is 372 g/mol. The Morgan fingerprint density at radius 2 is 1.92 bits per heavy atom. The minimum Gasteiger partial charge on any atom is -0.480 e. The van der Waals surface area contributed by atoms with Crippen LogP contribution in [0.3, 0.4) is 0 Å². The molecule has 1 fully saturated rings. The second-order valence-corrected chi connectivity index (χ2v) is 8.06. The first kappa shape index (κ1) is 21.5. The van der Waals surface area contributed by atoms with Crippen LogP contribution in [0.1, 0.15) is 39.5 Å². The summed E-state index contributed by atoms with van der Waals surface area (Å²) in [6.45, 7) is 3.98. The number of carboxylic acids is 2. The zero-order chi connectivity index (χ0) is 19.0. The van der Waals surface area contributed by atoms with Crippen LogP contribution in [0.4, 0.5) is 0 Å². The van der Waals surface area contributed by atoms with Gasteiger partial charge in [0, 0.05) is 11.7 Å². The summed E-state index contributed by atoms with van der Waals surface area (Å²) in [4.78, 5) is 34.1. The third-order valence-electron chi connectivity index (χ3n) is 4.34. The van der Waals surface area contributed by atoms with Crippen LogP contribution >= 0.6 is 11.8 Å². The summed E-state index contributed by atoms with van der Waals surface area (Å²) in [5.41, 5.74) is -0.0898. The lowest BCUT2D eigenvalue weighted by Crippen LogP contribution is -2.36. The number of thioether (sulfide) groups is 1. The highest BCUT2D eigenvalue weighted by molar-refractivity contribution is 7.99. The number of nitrogens with one attached hydrogen (secondary N) is 2. The smallest absolute Gasteiger partial charge is 0.352 e. The molecule has 25 heavy (non-hydrogen) atoms. The van der Waals surface area contributed by atoms with E-state index in [1.165, 1.54) is 0 Å². The molecule has 0 aromatic rings. The standard InChI is InChI=1S/C17H28N2O5S/c1-17(2)9-11(17)14(20)19-12(15(21)22)7-5-4-6-8-25-10-13(18-3)16(23)24/h7,11,13,18H,4-6,8-10H2,1-3H3,(H,19,20)(H,21,22)(H,23,24)/b12-7-. The van der Waals surface area contributed by atoms with Crippen LogP contribution in [0.15, 0.2) is 11.8 Å². The van der Waals surface area contributed by atoms with Crippen LogP contribution in [0.2, 0.25) is 0 Å². The first-order chi connectivity index (χ1) is 11.7. The number of hydrogen-bond acceptors (Lipinski definition) is 5. The van der Waals surface area contributed by atoms with Gasteiger partial charge in [-0.15, -0.1) is 0 Å². The quantitative estimate of drug-likeness (QED) is 0.304. The Balaban J connectivity index is 2.26. The molecule has 0 heterocycles. The molecule has 0 aromatic carbocycles. The van der Waals surface area contributed by atoms with Crippen molar-refractivity contribution >= 4 is 29.6 Å². The van der Waals surface area contributed by atoms with E-state index in [1.807, 2.05) is 13.8 Å². The second kappa shape index (κ2) is 9.82. The zero-order valence-corrected chi connectivity index (χ0v) is 15.8. The van der Waals surface area contributed by atoms with E-state index in [0.717, 1.165) is 25.0 Å². The fourth-order valence-electron chi connectivity index (χ4n) is 2.40. The Morgan fingerprint density at radius 1 is 1.28 bits per heavy atom. The van der Waals surface area contributed by atoms with Gasteiger partial charge >= 0.3 is 11.9 Å². The predicted octanol–water partition coefficient (Wildman–Crippen LogP) is 1.69. The molecule has 142 valence electrons. The van der Waals surface area contributed by atoms with Crippen LogP contribution in [0.5, 0.6) is 0 Å². The topological polar surface area (TPSA) is 116 Å². The Labute approximate surface area is 152 Å². The highest BCUT2D eigenvalue weighted by Crippen LogP contribution is 2.51. The number of amides is 1. The molecule has 8 heteroatoms. The maximum Gasteiger partial charge on any atom is 0.352 e. The van der Waals surface area contributed by atoms with Crippen LogP contribution in [-0.2, 0) is 14.4 Å². The molecule has 1 aliphatic carbocycles. The van der Waals surface area contributed by atoms with Crippen molar-refractivity contribution in [3.05, 3.63) is 11.8 Å². The number of likely N-dealkylation sites (N-methyl/N-ethyl adjacent to an activating group) is 1. The molecule has 1 amide bonds. The summed E-state index contributed by atoms with van der Waals surface area (Å²) in [5, 5.41) is 23.3. The molecule has 0 saturated heterocycles. The van der Waals surface area contributed by atoms with E-state index in [1.54, 1.807) is 24.9 Å². The molecule has 1 rings (SSSR count). The Morgan fingerprint density at radius 3 is 2.40 bits per heavy atom. The normalized spacial score (nSPS) is 20.0. The maximum atomic E-state index is 12.0. The van der Waals surface area contributed by atoms with Crippen molar-refractivity contribution in [1.29, 1.82) is 0 Å². The largest absolute Gasteiger partial charge is 0.480 e. The lowest BCUT2D eigenvalue weighted by molar-refractivity contribution is -0.138. The third kappa shape index (κ3) is 7.48. The maximum absolute atomic E-state index is 12.0. The monoisotopic (exact) mass is 372 g/mol. The van der Waals surface area contributed by atoms with Gasteiger partial charge in [0.2, 0.25) is 5.91 Å². The lowest BCUT2D eigenvalue weighted by atomic mass is 10.1. The van der Waals surface area contributed by atoms with Crippen molar-refractivity contribution in [3.63, 3.8) is 0 Å². The van der Waals surface area contributed by atoms with E-state index in [0.29, 0.717) is 12.2 Å². The SMILES string of the molecule is CNC(CSCCCC/C=C(\NC(=O)C1CC1(C)C)C(=O)O)C(=O)O. The number of rotatable bonds is 12. The zero-order valence-electron chi connectivity index (χ0n) is 15.0. The third-order valence-corrected chi connectivity index (χ3v) is 5.49. The van der Waals surface area contributed by atoms with Crippen molar-refractivity contribution in [3.8, 4) is 0 Å². The van der Waals surface area contributed by atoms with Crippen molar-refractivity contribution in [1.82, 2.24) is 10.6 Å². The number of allylic oxidation sites excluding steroid dienone is 1. The molecular weight excluding hydrogens is 344 g/mol. The average Bonchev–Trinajstić information content (AvgIpc) is 3.16. The van der Waals surface area contributed by atoms with Gasteiger partial charge in [-0.25, -0.2) is 4.79 Å². The predicted molar refractivity (Wildman–Crippen MR) is 97.4 cm³/mol. The Kier molecular flexibility index (Phi) is 8.44. The van der Waals surface area contributed by atoms with Crippen molar-refractivity contribution in [2.45, 2.75) is 45.6 Å². The summed E-state index contributed by atoms with van der Waals surface area (Å²) in [6.07, 6.45) is 4.53. The summed E-state index contributed by atoms with van der Waals surface area (Å²) < 4.78 is 0. The number of hydrogen-bond donors (Lipinski definition) is 4. The minimum atomic E-state index is -1.13. The van der Waals surface area contributed by atoms with Crippen LogP contribution in [0, 0.1) is 11.3 Å². The summed E-state index contributed by atoms with van der Waals surface area (Å²) >= 11 is 1.55. The van der Waals surface area contributed by atoms with E-state index in [-0.39, 0.29) is 22.9 Å². The molecule has 0 aromatic heterocycles. The van der Waals surface area contributed by atoms with Gasteiger partial charge in [0.05, 0.1) is 0 Å². The van der Waals surface area contributed by atoms with E-state index in [2.05, 4.69) is 10.6 Å². The molecule has 0 radical (unpaired) electrons. The number of carbonyl (C=O) groups is 3. The lowest BCUT2D eigenvalue weighted by Gasteiger charge is -2.10. The van der Waals surface area contributed by atoms with Gasteiger partial charge in [-0.2, -0.15) is 11.8 Å². The molecule has 7 nitrogen and oxygen atoms in total. The van der Waals surface area contributed by atoms with Gasteiger partial charge in [0.1, 0.15) is 11.7 Å². The molecule has 0 aliphatic heterocycles. The van der Waals surface area contributed by atoms with Gasteiger partial charge < -0.3 is 20.8 Å². The molecule has 4 N–H and O–H groups in total. The minimum absolute atomic E-state index is 0.0356. The van der Waals surface area contributed by atoms with Crippen molar-refractivity contribution < 1.29 is 24.6 Å². The van der Waals surface area contributed by atoms with Gasteiger partial charge in [-0.3, -0.25) is 9.59 Å².